The summed E-state index contributed by atoms with van der Waals surface area (Å²) in [4.78, 5) is 88.1. The lowest BCUT2D eigenvalue weighted by molar-refractivity contribution is -0.145. The third-order valence-corrected chi connectivity index (χ3v) is 5.97. The number of aromatic nitrogens is 1. The molecule has 0 aliphatic heterocycles. The number of para-hydroxylation sites is 1. The van der Waals surface area contributed by atoms with Crippen LogP contribution in [0, 0.1) is 0 Å². The van der Waals surface area contributed by atoms with Crippen LogP contribution in [-0.2, 0) is 40.0 Å². The number of carbonyl (C=O) groups excluding carboxylic acids is 4. The minimum atomic E-state index is -1.91. The topological polar surface area (TPSA) is 290 Å². The van der Waals surface area contributed by atoms with Gasteiger partial charge in [-0.05, 0) is 18.6 Å². The molecule has 4 amide bonds. The molecule has 42 heavy (non-hydrogen) atoms. The van der Waals surface area contributed by atoms with E-state index in [4.69, 9.17) is 21.1 Å². The zero-order chi connectivity index (χ0) is 31.6. The molecule has 2 aromatic rings. The van der Waals surface area contributed by atoms with E-state index in [1.54, 1.807) is 30.5 Å². The molecule has 0 saturated carbocycles. The predicted octanol–water partition coefficient (Wildman–Crippen LogP) is -2.98. The molecule has 228 valence electrons. The van der Waals surface area contributed by atoms with Crippen LogP contribution in [0.2, 0.25) is 0 Å². The SMILES string of the molecule is C[C@H](N)C(=O)N[C@@H](Cc1c[nH]c2ccccc12)C(=O)N[C@@H](CC(=O)O)C(=O)N[C@@H](CC(=O)O)C(=O)N[C@@H](CO)C(=O)O. The molecule has 11 N–H and O–H groups in total. The summed E-state index contributed by atoms with van der Waals surface area (Å²) in [5.41, 5.74) is 6.96. The Morgan fingerprint density at radius 2 is 1.24 bits per heavy atom. The van der Waals surface area contributed by atoms with E-state index in [1.165, 1.54) is 6.92 Å². The molecule has 5 atom stereocenters. The van der Waals surface area contributed by atoms with Crippen LogP contribution in [0.5, 0.6) is 0 Å². The molecule has 1 heterocycles. The second-order valence-electron chi connectivity index (χ2n) is 9.31. The molecule has 1 aromatic carbocycles. The zero-order valence-corrected chi connectivity index (χ0v) is 22.3. The molecule has 0 radical (unpaired) electrons. The van der Waals surface area contributed by atoms with E-state index in [1.807, 2.05) is 10.6 Å². The Labute approximate surface area is 237 Å². The maximum Gasteiger partial charge on any atom is 0.328 e. The summed E-state index contributed by atoms with van der Waals surface area (Å²) in [5, 5.41) is 45.9. The number of carboxylic acids is 3. The van der Waals surface area contributed by atoms with Crippen LogP contribution in [0.3, 0.4) is 0 Å². The van der Waals surface area contributed by atoms with Crippen molar-refractivity contribution in [3.63, 3.8) is 0 Å². The van der Waals surface area contributed by atoms with Crippen molar-refractivity contribution in [2.45, 2.75) is 56.4 Å². The first-order chi connectivity index (χ1) is 19.7. The number of hydrogen-bond acceptors (Lipinski definition) is 9. The van der Waals surface area contributed by atoms with Crippen LogP contribution in [0.25, 0.3) is 10.9 Å². The lowest BCUT2D eigenvalue weighted by Crippen LogP contribution is -2.59. The molecule has 17 heteroatoms. The van der Waals surface area contributed by atoms with Gasteiger partial charge in [0.05, 0.1) is 25.5 Å². The number of carboxylic acid groups (broad SMARTS) is 3. The van der Waals surface area contributed by atoms with Gasteiger partial charge in [0, 0.05) is 23.5 Å². The van der Waals surface area contributed by atoms with E-state index in [0.717, 1.165) is 10.9 Å². The smallest absolute Gasteiger partial charge is 0.328 e. The van der Waals surface area contributed by atoms with Crippen LogP contribution < -0.4 is 27.0 Å². The van der Waals surface area contributed by atoms with Crippen molar-refractivity contribution in [2.24, 2.45) is 5.73 Å². The number of aliphatic carboxylic acids is 3. The largest absolute Gasteiger partial charge is 0.481 e. The molecule has 0 saturated heterocycles. The third-order valence-electron chi connectivity index (χ3n) is 5.97. The van der Waals surface area contributed by atoms with Crippen molar-refractivity contribution < 1.29 is 54.0 Å². The highest BCUT2D eigenvalue weighted by Gasteiger charge is 2.33. The van der Waals surface area contributed by atoms with E-state index >= 15 is 0 Å². The van der Waals surface area contributed by atoms with E-state index < -0.39 is 91.2 Å². The normalized spacial score (nSPS) is 14.5. The Kier molecular flexibility index (Phi) is 11.9. The van der Waals surface area contributed by atoms with Gasteiger partial charge in [0.2, 0.25) is 23.6 Å². The van der Waals surface area contributed by atoms with Gasteiger partial charge in [-0.3, -0.25) is 28.8 Å². The number of nitrogens with one attached hydrogen (secondary N) is 5. The van der Waals surface area contributed by atoms with E-state index in [-0.39, 0.29) is 6.42 Å². The lowest BCUT2D eigenvalue weighted by atomic mass is 10.0. The maximum absolute atomic E-state index is 13.3. The molecule has 0 unspecified atom stereocenters. The molecule has 2 rings (SSSR count). The summed E-state index contributed by atoms with van der Waals surface area (Å²) < 4.78 is 0. The van der Waals surface area contributed by atoms with Crippen molar-refractivity contribution in [1.29, 1.82) is 0 Å². The molecular weight excluding hydrogens is 560 g/mol. The van der Waals surface area contributed by atoms with Gasteiger partial charge >= 0.3 is 17.9 Å². The third kappa shape index (κ3) is 9.56. The Hall–Kier alpha value is -5.03. The van der Waals surface area contributed by atoms with Crippen molar-refractivity contribution in [3.05, 3.63) is 36.0 Å². The van der Waals surface area contributed by atoms with Gasteiger partial charge in [-0.15, -0.1) is 0 Å². The van der Waals surface area contributed by atoms with Crippen molar-refractivity contribution in [3.8, 4) is 0 Å². The fourth-order valence-electron chi connectivity index (χ4n) is 3.80. The van der Waals surface area contributed by atoms with Crippen LogP contribution in [0.1, 0.15) is 25.3 Å². The summed E-state index contributed by atoms with van der Waals surface area (Å²) in [7, 11) is 0. The fraction of sp³-hybridized carbons (Fsp3) is 0.400. The van der Waals surface area contributed by atoms with Crippen molar-refractivity contribution in [1.82, 2.24) is 26.3 Å². The van der Waals surface area contributed by atoms with Crippen LogP contribution in [-0.4, -0.2) is 104 Å². The molecule has 0 fully saturated rings. The van der Waals surface area contributed by atoms with Gasteiger partial charge in [0.1, 0.15) is 24.2 Å². The second kappa shape index (κ2) is 15.1. The number of rotatable bonds is 16. The van der Waals surface area contributed by atoms with Crippen LogP contribution in [0.4, 0.5) is 0 Å². The van der Waals surface area contributed by atoms with Crippen LogP contribution >= 0.6 is 0 Å². The Morgan fingerprint density at radius 1 is 0.762 bits per heavy atom. The number of hydrogen-bond donors (Lipinski definition) is 10. The predicted molar refractivity (Wildman–Crippen MR) is 143 cm³/mol. The van der Waals surface area contributed by atoms with E-state index in [9.17, 15) is 38.7 Å². The molecule has 0 aliphatic carbocycles. The number of nitrogens with two attached hydrogens (primary N) is 1. The minimum Gasteiger partial charge on any atom is -0.481 e. The molecular formula is C25H32N6O11. The van der Waals surface area contributed by atoms with Gasteiger partial charge < -0.3 is 52.4 Å². The summed E-state index contributed by atoms with van der Waals surface area (Å²) in [6, 6.07) is -0.862. The Bertz CT molecular complexity index is 1340. The number of fused-ring (bicyclic) bond motifs is 1. The number of aliphatic hydroxyl groups excluding tert-OH is 1. The molecule has 1 aromatic heterocycles. The first-order valence-corrected chi connectivity index (χ1v) is 12.5. The summed E-state index contributed by atoms with van der Waals surface area (Å²) >= 11 is 0. The van der Waals surface area contributed by atoms with Gasteiger partial charge in [-0.2, -0.15) is 0 Å². The number of H-pyrrole nitrogens is 1. The van der Waals surface area contributed by atoms with Gasteiger partial charge in [0.25, 0.3) is 0 Å². The standard InChI is InChI=1S/C25H32N6O11/c1-11(26)21(37)28-15(6-12-9-27-14-5-3-2-4-13(12)14)22(38)29-16(7-19(33)34)23(39)30-17(8-20(35)36)24(40)31-18(10-32)25(41)42/h2-5,9,11,15-18,27,32H,6-8,10,26H2,1H3,(H,28,37)(H,29,38)(H,30,39)(H,31,40)(H,33,34)(H,35,36)(H,41,42)/t11-,15-,16-,17-,18-/m0/s1. The molecule has 0 bridgehead atoms. The first-order valence-electron chi connectivity index (χ1n) is 12.5. The van der Waals surface area contributed by atoms with Gasteiger partial charge in [-0.1, -0.05) is 18.2 Å². The zero-order valence-electron chi connectivity index (χ0n) is 22.3. The molecule has 17 nitrogen and oxygen atoms in total. The van der Waals surface area contributed by atoms with Crippen molar-refractivity contribution in [2.75, 3.05) is 6.61 Å². The highest BCUT2D eigenvalue weighted by atomic mass is 16.4. The second-order valence-corrected chi connectivity index (χ2v) is 9.31. The number of aromatic amines is 1. The van der Waals surface area contributed by atoms with Crippen LogP contribution in [0.15, 0.2) is 30.5 Å². The summed E-state index contributed by atoms with van der Waals surface area (Å²) in [6.45, 7) is 0.327. The number of benzene rings is 1. The number of carbonyl (C=O) groups is 7. The van der Waals surface area contributed by atoms with Gasteiger partial charge in [-0.25, -0.2) is 4.79 Å². The van der Waals surface area contributed by atoms with Gasteiger partial charge in [0.15, 0.2) is 0 Å². The average Bonchev–Trinajstić information content (AvgIpc) is 3.32. The summed E-state index contributed by atoms with van der Waals surface area (Å²) in [6.07, 6.45) is -0.543. The van der Waals surface area contributed by atoms with Crippen molar-refractivity contribution >= 4 is 52.4 Å². The Morgan fingerprint density at radius 3 is 1.71 bits per heavy atom. The lowest BCUT2D eigenvalue weighted by Gasteiger charge is -2.25. The maximum atomic E-state index is 13.3. The number of aliphatic hydroxyl groups is 1. The van der Waals surface area contributed by atoms with E-state index in [0.29, 0.717) is 5.56 Å². The monoisotopic (exact) mass is 592 g/mol. The molecule has 0 spiro atoms. The first kappa shape index (κ1) is 33.2. The highest BCUT2D eigenvalue weighted by Crippen LogP contribution is 2.19. The number of amides is 4. The quantitative estimate of drug-likeness (QED) is 0.0934. The minimum absolute atomic E-state index is 0.0997. The average molecular weight is 593 g/mol. The summed E-state index contributed by atoms with van der Waals surface area (Å²) in [5.74, 6) is -9.06. The van der Waals surface area contributed by atoms with E-state index in [2.05, 4.69) is 15.6 Å². The fourth-order valence-corrected chi connectivity index (χ4v) is 3.80. The molecule has 0 aliphatic rings. The Balaban J connectivity index is 2.30. The highest BCUT2D eigenvalue weighted by molar-refractivity contribution is 5.98.